The Bertz CT molecular complexity index is 345. The van der Waals surface area contributed by atoms with Gasteiger partial charge in [-0.25, -0.2) is 0 Å². The van der Waals surface area contributed by atoms with Gasteiger partial charge in [-0.3, -0.25) is 9.58 Å². The Kier molecular flexibility index (Phi) is 3.61. The van der Waals surface area contributed by atoms with Crippen LogP contribution in [0.2, 0.25) is 0 Å². The topological polar surface area (TPSA) is 33.1 Å². The lowest BCUT2D eigenvalue weighted by Crippen LogP contribution is -2.36. The zero-order valence-corrected chi connectivity index (χ0v) is 10.5. The van der Waals surface area contributed by atoms with Crippen LogP contribution in [0.1, 0.15) is 24.2 Å². The van der Waals surface area contributed by atoms with E-state index in [1.807, 2.05) is 18.8 Å². The van der Waals surface area contributed by atoms with Crippen LogP contribution in [0.25, 0.3) is 0 Å². The minimum Gasteiger partial charge on any atom is -0.318 e. The molecule has 0 aliphatic carbocycles. The molecular formula is C12H22N4. The van der Waals surface area contributed by atoms with Gasteiger partial charge in [-0.15, -0.1) is 0 Å². The summed E-state index contributed by atoms with van der Waals surface area (Å²) in [5, 5.41) is 7.68. The molecule has 90 valence electrons. The van der Waals surface area contributed by atoms with Crippen molar-refractivity contribution in [2.45, 2.75) is 32.4 Å². The van der Waals surface area contributed by atoms with E-state index in [2.05, 4.69) is 28.3 Å². The molecule has 4 nitrogen and oxygen atoms in total. The van der Waals surface area contributed by atoms with E-state index in [1.165, 1.54) is 25.1 Å². The van der Waals surface area contributed by atoms with Gasteiger partial charge in [0.2, 0.25) is 0 Å². The van der Waals surface area contributed by atoms with Crippen LogP contribution in [0.4, 0.5) is 0 Å². The molecule has 2 rings (SSSR count). The number of aryl methyl sites for hydroxylation is 2. The zero-order chi connectivity index (χ0) is 11.5. The van der Waals surface area contributed by atoms with Gasteiger partial charge in [0.1, 0.15) is 0 Å². The Balaban J connectivity index is 2.00. The van der Waals surface area contributed by atoms with Crippen LogP contribution in [0.15, 0.2) is 6.07 Å². The van der Waals surface area contributed by atoms with Gasteiger partial charge in [0, 0.05) is 26.2 Å². The van der Waals surface area contributed by atoms with Crippen LogP contribution in [0.5, 0.6) is 0 Å². The lowest BCUT2D eigenvalue weighted by Gasteiger charge is -2.24. The molecule has 4 heteroatoms. The first-order valence-electron chi connectivity index (χ1n) is 6.09. The fraction of sp³-hybridized carbons (Fsp3) is 0.750. The molecule has 0 saturated carbocycles. The molecule has 2 heterocycles. The van der Waals surface area contributed by atoms with E-state index in [9.17, 15) is 0 Å². The molecule has 1 atom stereocenters. The molecule has 1 aliphatic heterocycles. The van der Waals surface area contributed by atoms with Crippen molar-refractivity contribution in [3.63, 3.8) is 0 Å². The molecule has 0 amide bonds. The van der Waals surface area contributed by atoms with Gasteiger partial charge in [0.15, 0.2) is 0 Å². The maximum Gasteiger partial charge on any atom is 0.0597 e. The van der Waals surface area contributed by atoms with E-state index in [0.29, 0.717) is 6.04 Å². The number of aromatic nitrogens is 2. The summed E-state index contributed by atoms with van der Waals surface area (Å²) < 4.78 is 2.00. The molecule has 1 saturated heterocycles. The van der Waals surface area contributed by atoms with Gasteiger partial charge in [-0.05, 0) is 39.4 Å². The summed E-state index contributed by atoms with van der Waals surface area (Å²) in [5.74, 6) is 0. The highest BCUT2D eigenvalue weighted by Crippen LogP contribution is 2.19. The van der Waals surface area contributed by atoms with Crippen LogP contribution < -0.4 is 5.32 Å². The SMILES string of the molecule is CNCC1CCCN1Cc1cc(C)nn1C. The van der Waals surface area contributed by atoms with Crippen LogP contribution in [-0.4, -0.2) is 40.9 Å². The predicted molar refractivity (Wildman–Crippen MR) is 65.3 cm³/mol. The fourth-order valence-corrected chi connectivity index (χ4v) is 2.59. The Hall–Kier alpha value is -0.870. The van der Waals surface area contributed by atoms with Crippen molar-refractivity contribution >= 4 is 0 Å². The predicted octanol–water partition coefficient (Wildman–Crippen LogP) is 0.912. The van der Waals surface area contributed by atoms with Gasteiger partial charge in [0.25, 0.3) is 0 Å². The van der Waals surface area contributed by atoms with Crippen molar-refractivity contribution in [2.24, 2.45) is 7.05 Å². The van der Waals surface area contributed by atoms with Crippen molar-refractivity contribution in [2.75, 3.05) is 20.1 Å². The number of nitrogens with one attached hydrogen (secondary N) is 1. The molecule has 1 N–H and O–H groups in total. The quantitative estimate of drug-likeness (QED) is 0.822. The second kappa shape index (κ2) is 4.97. The van der Waals surface area contributed by atoms with Crippen LogP contribution in [-0.2, 0) is 13.6 Å². The summed E-state index contributed by atoms with van der Waals surface area (Å²) >= 11 is 0. The maximum absolute atomic E-state index is 4.40. The molecule has 1 aromatic heterocycles. The van der Waals surface area contributed by atoms with Crippen molar-refractivity contribution < 1.29 is 0 Å². The average molecular weight is 222 g/mol. The summed E-state index contributed by atoms with van der Waals surface area (Å²) in [6, 6.07) is 2.88. The van der Waals surface area contributed by atoms with E-state index in [4.69, 9.17) is 0 Å². The van der Waals surface area contributed by atoms with Gasteiger partial charge in [0.05, 0.1) is 11.4 Å². The van der Waals surface area contributed by atoms with Crippen molar-refractivity contribution in [3.05, 3.63) is 17.5 Å². The molecule has 0 radical (unpaired) electrons. The normalized spacial score (nSPS) is 21.8. The lowest BCUT2D eigenvalue weighted by atomic mass is 10.2. The summed E-state index contributed by atoms with van der Waals surface area (Å²) in [7, 11) is 4.07. The molecular weight excluding hydrogens is 200 g/mol. The van der Waals surface area contributed by atoms with Gasteiger partial charge in [-0.2, -0.15) is 5.10 Å². The third-order valence-corrected chi connectivity index (χ3v) is 3.40. The summed E-state index contributed by atoms with van der Waals surface area (Å²) in [4.78, 5) is 2.56. The average Bonchev–Trinajstić information content (AvgIpc) is 2.77. The Morgan fingerprint density at radius 3 is 3.00 bits per heavy atom. The Morgan fingerprint density at radius 1 is 1.56 bits per heavy atom. The van der Waals surface area contributed by atoms with E-state index in [-0.39, 0.29) is 0 Å². The molecule has 0 aromatic carbocycles. The third kappa shape index (κ3) is 2.44. The third-order valence-electron chi connectivity index (χ3n) is 3.40. The Morgan fingerprint density at radius 2 is 2.38 bits per heavy atom. The van der Waals surface area contributed by atoms with Gasteiger partial charge < -0.3 is 5.32 Å². The highest BCUT2D eigenvalue weighted by atomic mass is 15.3. The maximum atomic E-state index is 4.40. The molecule has 1 aromatic rings. The smallest absolute Gasteiger partial charge is 0.0597 e. The largest absolute Gasteiger partial charge is 0.318 e. The van der Waals surface area contributed by atoms with Crippen LogP contribution in [0.3, 0.4) is 0 Å². The molecule has 1 unspecified atom stereocenters. The number of hydrogen-bond acceptors (Lipinski definition) is 3. The highest BCUT2D eigenvalue weighted by Gasteiger charge is 2.24. The van der Waals surface area contributed by atoms with Crippen molar-refractivity contribution in [1.29, 1.82) is 0 Å². The van der Waals surface area contributed by atoms with E-state index in [1.54, 1.807) is 0 Å². The number of hydrogen-bond donors (Lipinski definition) is 1. The van der Waals surface area contributed by atoms with Crippen LogP contribution in [0, 0.1) is 6.92 Å². The molecule has 1 fully saturated rings. The summed E-state index contributed by atoms with van der Waals surface area (Å²) in [5.41, 5.74) is 2.43. The number of likely N-dealkylation sites (N-methyl/N-ethyl adjacent to an activating group) is 1. The summed E-state index contributed by atoms with van der Waals surface area (Å²) in [6.07, 6.45) is 2.64. The Labute approximate surface area is 97.6 Å². The van der Waals surface area contributed by atoms with Gasteiger partial charge in [-0.1, -0.05) is 0 Å². The second-order valence-corrected chi connectivity index (χ2v) is 4.72. The van der Waals surface area contributed by atoms with Crippen LogP contribution >= 0.6 is 0 Å². The minimum absolute atomic E-state index is 0.695. The lowest BCUT2D eigenvalue weighted by molar-refractivity contribution is 0.236. The second-order valence-electron chi connectivity index (χ2n) is 4.72. The highest BCUT2D eigenvalue weighted by molar-refractivity contribution is 5.09. The first-order chi connectivity index (χ1) is 7.70. The first-order valence-corrected chi connectivity index (χ1v) is 6.09. The molecule has 0 bridgehead atoms. The van der Waals surface area contributed by atoms with E-state index >= 15 is 0 Å². The first kappa shape index (κ1) is 11.6. The van der Waals surface area contributed by atoms with Crippen molar-refractivity contribution in [3.8, 4) is 0 Å². The van der Waals surface area contributed by atoms with Gasteiger partial charge >= 0.3 is 0 Å². The standard InChI is InChI=1S/C12H22N4/c1-10-7-12(15(3)14-10)9-16-6-4-5-11(16)8-13-2/h7,11,13H,4-6,8-9H2,1-3H3. The number of rotatable bonds is 4. The van der Waals surface area contributed by atoms with E-state index in [0.717, 1.165) is 18.8 Å². The minimum atomic E-state index is 0.695. The van der Waals surface area contributed by atoms with Crippen molar-refractivity contribution in [1.82, 2.24) is 20.0 Å². The van der Waals surface area contributed by atoms with E-state index < -0.39 is 0 Å². The molecule has 16 heavy (non-hydrogen) atoms. The fourth-order valence-electron chi connectivity index (χ4n) is 2.59. The monoisotopic (exact) mass is 222 g/mol. The summed E-state index contributed by atoms with van der Waals surface area (Å²) in [6.45, 7) is 5.40. The number of nitrogens with zero attached hydrogens (tertiary/aromatic N) is 3. The zero-order valence-electron chi connectivity index (χ0n) is 10.5. The number of likely N-dealkylation sites (tertiary alicyclic amines) is 1. The molecule has 1 aliphatic rings. The molecule has 0 spiro atoms.